The van der Waals surface area contributed by atoms with Gasteiger partial charge >= 0.3 is 0 Å². The highest BCUT2D eigenvalue weighted by Crippen LogP contribution is 2.31. The fourth-order valence-corrected chi connectivity index (χ4v) is 2.35. The molecule has 0 amide bonds. The van der Waals surface area contributed by atoms with Gasteiger partial charge in [0.25, 0.3) is 0 Å². The first-order valence-corrected chi connectivity index (χ1v) is 5.54. The molecule has 13 heavy (non-hydrogen) atoms. The van der Waals surface area contributed by atoms with Gasteiger partial charge in [-0.25, -0.2) is 0 Å². The third kappa shape index (κ3) is 2.68. The van der Waals surface area contributed by atoms with Gasteiger partial charge in [-0.1, -0.05) is 18.5 Å². The Kier molecular flexibility index (Phi) is 4.19. The van der Waals surface area contributed by atoms with Crippen LogP contribution in [0.4, 0.5) is 0 Å². The van der Waals surface area contributed by atoms with Gasteiger partial charge in [-0.2, -0.15) is 0 Å². The Bertz CT molecular complexity index is 275. The number of thiophene rings is 1. The minimum atomic E-state index is -0.480. The van der Waals surface area contributed by atoms with Gasteiger partial charge in [0.05, 0.1) is 9.90 Å². The zero-order valence-corrected chi connectivity index (χ0v) is 9.37. The summed E-state index contributed by atoms with van der Waals surface area (Å²) in [4.78, 5) is 0.861. The quantitative estimate of drug-likeness (QED) is 0.815. The van der Waals surface area contributed by atoms with Crippen molar-refractivity contribution in [3.05, 3.63) is 20.8 Å². The molecule has 0 spiro atoms. The number of rotatable bonds is 4. The second-order valence-corrected chi connectivity index (χ2v) is 4.21. The Morgan fingerprint density at radius 1 is 1.69 bits per heavy atom. The van der Waals surface area contributed by atoms with Crippen molar-refractivity contribution in [2.75, 3.05) is 13.1 Å². The molecule has 2 N–H and O–H groups in total. The van der Waals surface area contributed by atoms with Crippen LogP contribution in [0.2, 0.25) is 5.02 Å². The topological polar surface area (TPSA) is 32.3 Å². The molecule has 1 heterocycles. The van der Waals surface area contributed by atoms with E-state index in [-0.39, 0.29) is 0 Å². The van der Waals surface area contributed by atoms with Crippen LogP contribution < -0.4 is 5.32 Å². The van der Waals surface area contributed by atoms with Crippen molar-refractivity contribution in [3.63, 3.8) is 0 Å². The van der Waals surface area contributed by atoms with E-state index in [2.05, 4.69) is 5.32 Å². The van der Waals surface area contributed by atoms with E-state index in [1.807, 2.05) is 19.2 Å². The largest absolute Gasteiger partial charge is 0.386 e. The summed E-state index contributed by atoms with van der Waals surface area (Å²) in [5, 5.41) is 15.5. The number of likely N-dealkylation sites (N-methyl/N-ethyl adjacent to an activating group) is 1. The van der Waals surface area contributed by atoms with Crippen molar-refractivity contribution in [2.45, 2.75) is 20.0 Å². The Morgan fingerprint density at radius 2 is 2.38 bits per heavy atom. The van der Waals surface area contributed by atoms with Crippen molar-refractivity contribution >= 4 is 22.9 Å². The van der Waals surface area contributed by atoms with Gasteiger partial charge in [-0.05, 0) is 24.4 Å². The summed E-state index contributed by atoms with van der Waals surface area (Å²) in [5.41, 5.74) is 1.04. The summed E-state index contributed by atoms with van der Waals surface area (Å²) >= 11 is 7.52. The maximum atomic E-state index is 9.71. The summed E-state index contributed by atoms with van der Waals surface area (Å²) < 4.78 is 0. The first-order valence-electron chi connectivity index (χ1n) is 4.29. The lowest BCUT2D eigenvalue weighted by atomic mass is 10.2. The van der Waals surface area contributed by atoms with Crippen LogP contribution >= 0.6 is 22.9 Å². The first-order chi connectivity index (χ1) is 6.16. The van der Waals surface area contributed by atoms with Crippen LogP contribution in [0.5, 0.6) is 0 Å². The summed E-state index contributed by atoms with van der Waals surface area (Å²) in [5.74, 6) is 0. The van der Waals surface area contributed by atoms with Crippen molar-refractivity contribution < 1.29 is 5.11 Å². The van der Waals surface area contributed by atoms with Crippen LogP contribution in [0.25, 0.3) is 0 Å². The van der Waals surface area contributed by atoms with Gasteiger partial charge < -0.3 is 10.4 Å². The molecule has 0 saturated carbocycles. The Hall–Kier alpha value is -0.0900. The predicted octanol–water partition coefficient (Wildman–Crippen LogP) is 2.35. The molecule has 74 valence electrons. The Balaban J connectivity index is 2.65. The molecule has 4 heteroatoms. The molecule has 0 aromatic carbocycles. The predicted molar refractivity (Wildman–Crippen MR) is 57.6 cm³/mol. The van der Waals surface area contributed by atoms with Crippen LogP contribution in [0.1, 0.15) is 23.5 Å². The highest BCUT2D eigenvalue weighted by atomic mass is 35.5. The highest BCUT2D eigenvalue weighted by molar-refractivity contribution is 7.10. The van der Waals surface area contributed by atoms with Gasteiger partial charge in [0.15, 0.2) is 0 Å². The molecule has 2 nitrogen and oxygen atoms in total. The van der Waals surface area contributed by atoms with E-state index in [0.717, 1.165) is 17.0 Å². The molecule has 0 bridgehead atoms. The van der Waals surface area contributed by atoms with Gasteiger partial charge in [0, 0.05) is 6.54 Å². The van der Waals surface area contributed by atoms with Crippen molar-refractivity contribution in [1.29, 1.82) is 0 Å². The van der Waals surface area contributed by atoms with Crippen LogP contribution in [-0.4, -0.2) is 18.2 Å². The monoisotopic (exact) mass is 219 g/mol. The number of aliphatic hydroxyl groups excluding tert-OH is 1. The van der Waals surface area contributed by atoms with Gasteiger partial charge in [-0.3, -0.25) is 0 Å². The molecule has 1 unspecified atom stereocenters. The zero-order valence-electron chi connectivity index (χ0n) is 7.80. The van der Waals surface area contributed by atoms with Crippen LogP contribution in [0.15, 0.2) is 5.38 Å². The average molecular weight is 220 g/mol. The number of hydrogen-bond acceptors (Lipinski definition) is 3. The summed E-state index contributed by atoms with van der Waals surface area (Å²) in [6.07, 6.45) is -0.480. The van der Waals surface area contributed by atoms with Gasteiger partial charge in [-0.15, -0.1) is 11.3 Å². The lowest BCUT2D eigenvalue weighted by Gasteiger charge is -2.09. The van der Waals surface area contributed by atoms with E-state index in [1.54, 1.807) is 0 Å². The van der Waals surface area contributed by atoms with Crippen molar-refractivity contribution in [2.24, 2.45) is 0 Å². The first kappa shape index (κ1) is 11.0. The van der Waals surface area contributed by atoms with Gasteiger partial charge in [0.1, 0.15) is 6.10 Å². The summed E-state index contributed by atoms with van der Waals surface area (Å²) in [7, 11) is 0. The van der Waals surface area contributed by atoms with E-state index in [4.69, 9.17) is 11.6 Å². The van der Waals surface area contributed by atoms with Gasteiger partial charge in [0.2, 0.25) is 0 Å². The lowest BCUT2D eigenvalue weighted by molar-refractivity contribution is 0.179. The van der Waals surface area contributed by atoms with E-state index < -0.39 is 6.10 Å². The lowest BCUT2D eigenvalue weighted by Crippen LogP contribution is -2.20. The smallest absolute Gasteiger partial charge is 0.102 e. The SMILES string of the molecule is CCNCC(O)c1scc(C)c1Cl. The summed E-state index contributed by atoms with van der Waals surface area (Å²) in [6, 6.07) is 0. The second kappa shape index (κ2) is 4.96. The highest BCUT2D eigenvalue weighted by Gasteiger charge is 2.14. The number of halogens is 1. The minimum absolute atomic E-state index is 0.480. The number of nitrogens with one attached hydrogen (secondary N) is 1. The van der Waals surface area contributed by atoms with E-state index >= 15 is 0 Å². The van der Waals surface area contributed by atoms with Crippen molar-refractivity contribution in [3.8, 4) is 0 Å². The van der Waals surface area contributed by atoms with E-state index in [9.17, 15) is 5.11 Å². The molecule has 0 aliphatic heterocycles. The molecule has 0 radical (unpaired) electrons. The standard InChI is InChI=1S/C9H14ClNOS/c1-3-11-4-7(12)9-8(10)6(2)5-13-9/h5,7,11-12H,3-4H2,1-2H3. The van der Waals surface area contributed by atoms with Crippen LogP contribution in [-0.2, 0) is 0 Å². The number of hydrogen-bond donors (Lipinski definition) is 2. The average Bonchev–Trinajstić information content (AvgIpc) is 2.44. The maximum absolute atomic E-state index is 9.71. The van der Waals surface area contributed by atoms with Crippen LogP contribution in [0, 0.1) is 6.92 Å². The third-order valence-electron chi connectivity index (χ3n) is 1.82. The molecular weight excluding hydrogens is 206 g/mol. The molecule has 0 aliphatic carbocycles. The number of aryl methyl sites for hydroxylation is 1. The Labute approximate surface area is 87.5 Å². The third-order valence-corrected chi connectivity index (χ3v) is 3.63. The van der Waals surface area contributed by atoms with Crippen LogP contribution in [0.3, 0.4) is 0 Å². The summed E-state index contributed by atoms with van der Waals surface area (Å²) in [6.45, 7) is 5.38. The molecule has 1 aromatic heterocycles. The molecule has 1 atom stereocenters. The minimum Gasteiger partial charge on any atom is -0.386 e. The second-order valence-electron chi connectivity index (χ2n) is 2.92. The Morgan fingerprint density at radius 3 is 2.85 bits per heavy atom. The fraction of sp³-hybridized carbons (Fsp3) is 0.556. The molecule has 0 fully saturated rings. The van der Waals surface area contributed by atoms with E-state index in [1.165, 1.54) is 11.3 Å². The molecule has 1 aromatic rings. The fourth-order valence-electron chi connectivity index (χ4n) is 1.05. The maximum Gasteiger partial charge on any atom is 0.102 e. The van der Waals surface area contributed by atoms with E-state index in [0.29, 0.717) is 11.6 Å². The van der Waals surface area contributed by atoms with Crippen molar-refractivity contribution in [1.82, 2.24) is 5.32 Å². The zero-order chi connectivity index (χ0) is 9.84. The molecule has 0 aliphatic rings. The normalized spacial score (nSPS) is 13.2. The molecular formula is C9H14ClNOS. The molecule has 1 rings (SSSR count). The number of aliphatic hydroxyl groups is 1. The molecule has 0 saturated heterocycles.